The highest BCUT2D eigenvalue weighted by Crippen LogP contribution is 2.23. The molecule has 0 aliphatic carbocycles. The average molecular weight is 373 g/mol. The number of aromatic nitrogens is 1. The Morgan fingerprint density at radius 3 is 2.78 bits per heavy atom. The van der Waals surface area contributed by atoms with Gasteiger partial charge in [-0.05, 0) is 69.7 Å². The standard InChI is InChI=1S/C21H31N3O3/c1-16(2)27-21(25)24-12-7-17(8-13-24)9-14-26-19-3-4-20(23-15-19)18-5-10-22-11-6-18/h3-5,15-17,22H,6-14H2,1-2H3. The third-order valence-corrected chi connectivity index (χ3v) is 5.13. The Balaban J connectivity index is 1.37. The molecule has 1 N–H and O–H groups in total. The van der Waals surface area contributed by atoms with Gasteiger partial charge in [-0.15, -0.1) is 0 Å². The molecule has 3 rings (SSSR count). The SMILES string of the molecule is CC(C)OC(=O)N1CCC(CCOc2ccc(C3=CCNCC3)nc2)CC1. The van der Waals surface area contributed by atoms with Gasteiger partial charge in [0.2, 0.25) is 0 Å². The maximum Gasteiger partial charge on any atom is 0.410 e. The lowest BCUT2D eigenvalue weighted by molar-refractivity contribution is 0.0637. The van der Waals surface area contributed by atoms with Gasteiger partial charge >= 0.3 is 6.09 Å². The predicted molar refractivity (Wildman–Crippen MR) is 106 cm³/mol. The molecule has 6 nitrogen and oxygen atoms in total. The lowest BCUT2D eigenvalue weighted by Gasteiger charge is -2.31. The number of pyridine rings is 1. The lowest BCUT2D eigenvalue weighted by Crippen LogP contribution is -2.39. The van der Waals surface area contributed by atoms with Crippen LogP contribution < -0.4 is 10.1 Å². The number of hydrogen-bond donors (Lipinski definition) is 1. The Kier molecular flexibility index (Phi) is 7.10. The number of carbonyl (C=O) groups is 1. The molecule has 0 atom stereocenters. The Labute approximate surface area is 161 Å². The van der Waals surface area contributed by atoms with Crippen LogP contribution in [0.25, 0.3) is 5.57 Å². The molecule has 27 heavy (non-hydrogen) atoms. The van der Waals surface area contributed by atoms with Crippen molar-refractivity contribution >= 4 is 11.7 Å². The van der Waals surface area contributed by atoms with Crippen molar-refractivity contribution < 1.29 is 14.3 Å². The van der Waals surface area contributed by atoms with E-state index in [-0.39, 0.29) is 12.2 Å². The van der Waals surface area contributed by atoms with Gasteiger partial charge in [-0.25, -0.2) is 4.79 Å². The third-order valence-electron chi connectivity index (χ3n) is 5.13. The Morgan fingerprint density at radius 1 is 1.33 bits per heavy atom. The Bertz CT molecular complexity index is 635. The highest BCUT2D eigenvalue weighted by Gasteiger charge is 2.24. The van der Waals surface area contributed by atoms with Crippen LogP contribution in [0.5, 0.6) is 5.75 Å². The number of nitrogens with zero attached hydrogens (tertiary/aromatic N) is 2. The van der Waals surface area contributed by atoms with Gasteiger partial charge in [-0.1, -0.05) is 6.08 Å². The van der Waals surface area contributed by atoms with Crippen LogP contribution in [0.2, 0.25) is 0 Å². The average Bonchev–Trinajstić information content (AvgIpc) is 2.69. The van der Waals surface area contributed by atoms with E-state index in [1.807, 2.05) is 37.1 Å². The summed E-state index contributed by atoms with van der Waals surface area (Å²) in [4.78, 5) is 18.3. The second-order valence-electron chi connectivity index (χ2n) is 7.56. The smallest absolute Gasteiger partial charge is 0.410 e. The quantitative estimate of drug-likeness (QED) is 0.827. The Morgan fingerprint density at radius 2 is 2.15 bits per heavy atom. The maximum absolute atomic E-state index is 11.9. The van der Waals surface area contributed by atoms with Gasteiger partial charge in [-0.2, -0.15) is 0 Å². The molecule has 0 bridgehead atoms. The third kappa shape index (κ3) is 5.96. The molecule has 1 aromatic heterocycles. The van der Waals surface area contributed by atoms with Crippen LogP contribution in [-0.2, 0) is 4.74 Å². The fraction of sp³-hybridized carbons (Fsp3) is 0.619. The van der Waals surface area contributed by atoms with Crippen molar-refractivity contribution in [2.75, 3.05) is 32.8 Å². The second kappa shape index (κ2) is 9.74. The van der Waals surface area contributed by atoms with Crippen LogP contribution in [0.15, 0.2) is 24.4 Å². The van der Waals surface area contributed by atoms with E-state index in [2.05, 4.69) is 16.4 Å². The van der Waals surface area contributed by atoms with Crippen molar-refractivity contribution in [3.05, 3.63) is 30.1 Å². The molecular formula is C21H31N3O3. The largest absolute Gasteiger partial charge is 0.492 e. The first-order chi connectivity index (χ1) is 13.1. The summed E-state index contributed by atoms with van der Waals surface area (Å²) in [5.41, 5.74) is 2.35. The van der Waals surface area contributed by atoms with E-state index in [9.17, 15) is 4.79 Å². The van der Waals surface area contributed by atoms with Crippen LogP contribution in [0, 0.1) is 5.92 Å². The van der Waals surface area contributed by atoms with Gasteiger partial charge < -0.3 is 19.7 Å². The molecule has 0 aromatic carbocycles. The lowest BCUT2D eigenvalue weighted by atomic mass is 9.94. The van der Waals surface area contributed by atoms with Crippen LogP contribution in [0.1, 0.15) is 45.2 Å². The molecule has 3 heterocycles. The molecule has 1 saturated heterocycles. The summed E-state index contributed by atoms with van der Waals surface area (Å²) in [6.07, 6.45) is 7.83. The van der Waals surface area contributed by atoms with Crippen molar-refractivity contribution in [1.29, 1.82) is 0 Å². The van der Waals surface area contributed by atoms with E-state index >= 15 is 0 Å². The number of likely N-dealkylation sites (tertiary alicyclic amines) is 1. The molecule has 0 unspecified atom stereocenters. The summed E-state index contributed by atoms with van der Waals surface area (Å²) >= 11 is 0. The van der Waals surface area contributed by atoms with Gasteiger partial charge in [0.25, 0.3) is 0 Å². The molecule has 1 fully saturated rings. The molecular weight excluding hydrogens is 342 g/mol. The summed E-state index contributed by atoms with van der Waals surface area (Å²) in [6.45, 7) is 7.93. The van der Waals surface area contributed by atoms with Gasteiger partial charge in [0.1, 0.15) is 5.75 Å². The van der Waals surface area contributed by atoms with Gasteiger partial charge in [-0.3, -0.25) is 4.98 Å². The second-order valence-corrected chi connectivity index (χ2v) is 7.56. The molecule has 0 radical (unpaired) electrons. The normalized spacial score (nSPS) is 18.3. The molecule has 0 spiro atoms. The molecule has 0 saturated carbocycles. The first-order valence-corrected chi connectivity index (χ1v) is 10.1. The molecule has 148 valence electrons. The summed E-state index contributed by atoms with van der Waals surface area (Å²) in [5, 5.41) is 3.31. The van der Waals surface area contributed by atoms with Crippen molar-refractivity contribution in [3.8, 4) is 5.75 Å². The monoisotopic (exact) mass is 373 g/mol. The van der Waals surface area contributed by atoms with Gasteiger partial charge in [0.05, 0.1) is 24.6 Å². The summed E-state index contributed by atoms with van der Waals surface area (Å²) in [7, 11) is 0. The number of rotatable bonds is 6. The highest BCUT2D eigenvalue weighted by molar-refractivity contribution is 5.67. The minimum atomic E-state index is -0.185. The number of amides is 1. The van der Waals surface area contributed by atoms with Gasteiger partial charge in [0.15, 0.2) is 0 Å². The van der Waals surface area contributed by atoms with Crippen molar-refractivity contribution in [3.63, 3.8) is 0 Å². The molecule has 1 aromatic rings. The van der Waals surface area contributed by atoms with Crippen molar-refractivity contribution in [1.82, 2.24) is 15.2 Å². The van der Waals surface area contributed by atoms with E-state index < -0.39 is 0 Å². The minimum absolute atomic E-state index is 0.0605. The zero-order chi connectivity index (χ0) is 19.1. The molecule has 2 aliphatic rings. The van der Waals surface area contributed by atoms with Crippen LogP contribution in [0.4, 0.5) is 4.79 Å². The predicted octanol–water partition coefficient (Wildman–Crippen LogP) is 3.48. The number of ether oxygens (including phenoxy) is 2. The fourth-order valence-corrected chi connectivity index (χ4v) is 3.53. The van der Waals surface area contributed by atoms with Gasteiger partial charge in [0, 0.05) is 19.6 Å². The zero-order valence-electron chi connectivity index (χ0n) is 16.4. The van der Waals surface area contributed by atoms with Crippen molar-refractivity contribution in [2.45, 2.75) is 45.6 Å². The van der Waals surface area contributed by atoms with E-state index in [0.29, 0.717) is 12.5 Å². The van der Waals surface area contributed by atoms with E-state index in [0.717, 1.165) is 63.3 Å². The Hall–Kier alpha value is -2.08. The summed E-state index contributed by atoms with van der Waals surface area (Å²) in [5.74, 6) is 1.42. The highest BCUT2D eigenvalue weighted by atomic mass is 16.6. The maximum atomic E-state index is 11.9. The first kappa shape index (κ1) is 19.7. The van der Waals surface area contributed by atoms with Crippen LogP contribution >= 0.6 is 0 Å². The van der Waals surface area contributed by atoms with E-state index in [4.69, 9.17) is 9.47 Å². The van der Waals surface area contributed by atoms with E-state index in [1.165, 1.54) is 5.57 Å². The van der Waals surface area contributed by atoms with E-state index in [1.54, 1.807) is 0 Å². The number of hydrogen-bond acceptors (Lipinski definition) is 5. The number of piperidine rings is 1. The van der Waals surface area contributed by atoms with Crippen LogP contribution in [-0.4, -0.2) is 54.9 Å². The minimum Gasteiger partial charge on any atom is -0.492 e. The summed E-state index contributed by atoms with van der Waals surface area (Å²) in [6, 6.07) is 4.06. The summed E-state index contributed by atoms with van der Waals surface area (Å²) < 4.78 is 11.1. The zero-order valence-corrected chi connectivity index (χ0v) is 16.4. The topological polar surface area (TPSA) is 63.7 Å². The first-order valence-electron chi connectivity index (χ1n) is 10.1. The van der Waals surface area contributed by atoms with Crippen LogP contribution in [0.3, 0.4) is 0 Å². The molecule has 2 aliphatic heterocycles. The number of carbonyl (C=O) groups excluding carboxylic acids is 1. The van der Waals surface area contributed by atoms with Crippen molar-refractivity contribution in [2.24, 2.45) is 5.92 Å². The molecule has 6 heteroatoms. The molecule has 1 amide bonds. The fourth-order valence-electron chi connectivity index (χ4n) is 3.53. The number of nitrogens with one attached hydrogen (secondary N) is 1.